The molecule has 0 unspecified atom stereocenters. The minimum Gasteiger partial charge on any atom is -0.475 e. The molecule has 3 N–H and O–H groups in total. The van der Waals surface area contributed by atoms with Gasteiger partial charge in [-0.1, -0.05) is 41.7 Å². The summed E-state index contributed by atoms with van der Waals surface area (Å²) in [5.74, 6) is -4.82. The monoisotopic (exact) mass is 723 g/mol. The number of pyridine rings is 2. The second kappa shape index (κ2) is 16.1. The number of nitrogens with one attached hydrogen (secondary N) is 1. The van der Waals surface area contributed by atoms with Crippen LogP contribution in [0.2, 0.25) is 0 Å². The Morgan fingerprint density at radius 3 is 1.98 bits per heavy atom. The van der Waals surface area contributed by atoms with Gasteiger partial charge in [-0.05, 0) is 36.4 Å². The van der Waals surface area contributed by atoms with E-state index in [4.69, 9.17) is 24.8 Å². The van der Waals surface area contributed by atoms with E-state index in [9.17, 15) is 31.1 Å². The molecule has 1 fully saturated rings. The standard InChI is InChI=1S/C27H25N7OS.2C2HF3O2/c35-26(33-16-14-32(15-17-33)21-9-2-1-3-10-21)24-22-11-5-7-13-34(22)25(31-24)23-19-30-27(36-23)29-18-20-8-4-6-12-28-20;2*3-2(4,5)1(6)7/h1-13,19H,14-18H2,(H,29,30);2*(H,6,7). The molecule has 4 aromatic heterocycles. The van der Waals surface area contributed by atoms with Crippen LogP contribution in [0.3, 0.4) is 0 Å². The normalized spacial score (nSPS) is 13.1. The van der Waals surface area contributed by atoms with E-state index in [1.165, 1.54) is 17.0 Å². The van der Waals surface area contributed by atoms with Gasteiger partial charge in [-0.3, -0.25) is 14.2 Å². The van der Waals surface area contributed by atoms with Gasteiger partial charge in [0.25, 0.3) is 5.91 Å². The summed E-state index contributed by atoms with van der Waals surface area (Å²) in [5.41, 5.74) is 3.42. The van der Waals surface area contributed by atoms with E-state index in [1.54, 1.807) is 12.4 Å². The van der Waals surface area contributed by atoms with Crippen LogP contribution in [0.15, 0.2) is 85.3 Å². The van der Waals surface area contributed by atoms with Crippen molar-refractivity contribution in [3.63, 3.8) is 0 Å². The fourth-order valence-corrected chi connectivity index (χ4v) is 5.25. The first kappa shape index (κ1) is 37.1. The number of anilines is 2. The molecule has 50 heavy (non-hydrogen) atoms. The van der Waals surface area contributed by atoms with Gasteiger partial charge in [-0.25, -0.2) is 19.6 Å². The maximum absolute atomic E-state index is 13.6. The minimum atomic E-state index is -5.08. The number of hydrogen-bond acceptors (Lipinski definition) is 9. The van der Waals surface area contributed by atoms with Crippen LogP contribution in [0.5, 0.6) is 0 Å². The van der Waals surface area contributed by atoms with Gasteiger partial charge in [-0.2, -0.15) is 26.3 Å². The summed E-state index contributed by atoms with van der Waals surface area (Å²) in [6.07, 6.45) is -4.64. The summed E-state index contributed by atoms with van der Waals surface area (Å²) in [5, 5.41) is 18.4. The Morgan fingerprint density at radius 1 is 0.800 bits per heavy atom. The number of para-hydroxylation sites is 1. The van der Waals surface area contributed by atoms with Crippen LogP contribution in [0.25, 0.3) is 16.2 Å². The zero-order valence-corrected chi connectivity index (χ0v) is 26.4. The van der Waals surface area contributed by atoms with E-state index in [2.05, 4.69) is 32.3 Å². The van der Waals surface area contributed by atoms with Crippen LogP contribution in [0.1, 0.15) is 16.2 Å². The topological polar surface area (TPSA) is 153 Å². The van der Waals surface area contributed by atoms with E-state index in [-0.39, 0.29) is 5.91 Å². The van der Waals surface area contributed by atoms with E-state index in [0.29, 0.717) is 25.3 Å². The third kappa shape index (κ3) is 9.91. The van der Waals surface area contributed by atoms with Crippen LogP contribution in [-0.2, 0) is 16.1 Å². The number of carboxylic acid groups (broad SMARTS) is 2. The third-order valence-corrected chi connectivity index (χ3v) is 7.75. The molecule has 1 saturated heterocycles. The largest absolute Gasteiger partial charge is 0.490 e. The average Bonchev–Trinajstić information content (AvgIpc) is 3.73. The number of hydrogen-bond donors (Lipinski definition) is 3. The minimum absolute atomic E-state index is 0.0318. The van der Waals surface area contributed by atoms with Gasteiger partial charge in [0.1, 0.15) is 0 Å². The van der Waals surface area contributed by atoms with Crippen LogP contribution in [0.4, 0.5) is 37.2 Å². The maximum atomic E-state index is 13.6. The fraction of sp³-hybridized carbons (Fsp3) is 0.226. The molecule has 6 rings (SSSR count). The molecular formula is C31H27F6N7O5S. The Hall–Kier alpha value is -5.72. The van der Waals surface area contributed by atoms with Gasteiger partial charge < -0.3 is 25.3 Å². The summed E-state index contributed by atoms with van der Waals surface area (Å²) in [7, 11) is 0. The number of halogens is 6. The Kier molecular flexibility index (Phi) is 12.0. The van der Waals surface area contributed by atoms with Crippen molar-refractivity contribution in [3.05, 3.63) is 96.7 Å². The molecule has 1 aliphatic rings. The Bertz CT molecular complexity index is 1870. The highest BCUT2D eigenvalue weighted by atomic mass is 32.1. The first-order valence-corrected chi connectivity index (χ1v) is 15.2. The number of aromatic nitrogens is 4. The summed E-state index contributed by atoms with van der Waals surface area (Å²) >= 11 is 1.51. The second-order valence-corrected chi connectivity index (χ2v) is 11.2. The van der Waals surface area contributed by atoms with E-state index < -0.39 is 24.3 Å². The first-order valence-electron chi connectivity index (χ1n) is 14.4. The number of piperazine rings is 1. The van der Waals surface area contributed by atoms with E-state index in [0.717, 1.165) is 40.1 Å². The first-order chi connectivity index (χ1) is 23.6. The fourth-order valence-electron chi connectivity index (χ4n) is 4.45. The molecule has 0 atom stereocenters. The van der Waals surface area contributed by atoms with Gasteiger partial charge in [0, 0.05) is 44.3 Å². The van der Waals surface area contributed by atoms with Gasteiger partial charge >= 0.3 is 24.3 Å². The zero-order chi connectivity index (χ0) is 36.5. The molecule has 1 aliphatic heterocycles. The number of carboxylic acids is 2. The van der Waals surface area contributed by atoms with E-state index >= 15 is 0 Å². The quantitative estimate of drug-likeness (QED) is 0.186. The molecule has 0 aliphatic carbocycles. The Morgan fingerprint density at radius 2 is 1.40 bits per heavy atom. The molecule has 0 radical (unpaired) electrons. The number of fused-ring (bicyclic) bond motifs is 1. The number of nitrogens with zero attached hydrogens (tertiary/aromatic N) is 6. The smallest absolute Gasteiger partial charge is 0.475 e. The highest BCUT2D eigenvalue weighted by molar-refractivity contribution is 7.18. The van der Waals surface area contributed by atoms with Crippen molar-refractivity contribution < 1.29 is 50.9 Å². The van der Waals surface area contributed by atoms with E-state index in [1.807, 2.05) is 70.1 Å². The summed E-state index contributed by atoms with van der Waals surface area (Å²) in [6, 6.07) is 22.0. The molecule has 5 aromatic rings. The Balaban J connectivity index is 0.000000340. The number of carbonyl (C=O) groups excluding carboxylic acids is 1. The number of carbonyl (C=O) groups is 3. The van der Waals surface area contributed by atoms with Crippen molar-refractivity contribution in [2.75, 3.05) is 36.4 Å². The summed E-state index contributed by atoms with van der Waals surface area (Å²) in [4.78, 5) is 50.2. The number of alkyl halides is 6. The molecule has 264 valence electrons. The Labute approximate surface area is 283 Å². The van der Waals surface area contributed by atoms with Crippen molar-refractivity contribution in [3.8, 4) is 10.7 Å². The molecule has 19 heteroatoms. The highest BCUT2D eigenvalue weighted by Gasteiger charge is 2.39. The van der Waals surface area contributed by atoms with Gasteiger partial charge in [0.15, 0.2) is 16.6 Å². The lowest BCUT2D eigenvalue weighted by Crippen LogP contribution is -2.48. The number of thiazole rings is 1. The third-order valence-electron chi connectivity index (χ3n) is 6.80. The number of benzene rings is 1. The zero-order valence-electron chi connectivity index (χ0n) is 25.6. The predicted octanol–water partition coefficient (Wildman–Crippen LogP) is 5.69. The van der Waals surface area contributed by atoms with Gasteiger partial charge in [0.2, 0.25) is 0 Å². The lowest BCUT2D eigenvalue weighted by Gasteiger charge is -2.35. The van der Waals surface area contributed by atoms with Crippen molar-refractivity contribution in [1.29, 1.82) is 0 Å². The molecule has 5 heterocycles. The highest BCUT2D eigenvalue weighted by Crippen LogP contribution is 2.31. The molecule has 1 aromatic carbocycles. The molecule has 0 spiro atoms. The van der Waals surface area contributed by atoms with Gasteiger partial charge in [0.05, 0.1) is 28.8 Å². The van der Waals surface area contributed by atoms with Crippen LogP contribution in [-0.4, -0.2) is 90.8 Å². The average molecular weight is 724 g/mol. The lowest BCUT2D eigenvalue weighted by atomic mass is 10.2. The summed E-state index contributed by atoms with van der Waals surface area (Å²) < 4.78 is 65.4. The predicted molar refractivity (Wildman–Crippen MR) is 170 cm³/mol. The summed E-state index contributed by atoms with van der Waals surface area (Å²) in [6.45, 7) is 3.52. The van der Waals surface area contributed by atoms with Crippen molar-refractivity contribution in [2.45, 2.75) is 18.9 Å². The van der Waals surface area contributed by atoms with Crippen molar-refractivity contribution in [1.82, 2.24) is 24.3 Å². The molecule has 0 saturated carbocycles. The number of rotatable bonds is 6. The number of amides is 1. The molecule has 1 amide bonds. The number of imidazole rings is 1. The van der Waals surface area contributed by atoms with Crippen molar-refractivity contribution in [2.24, 2.45) is 0 Å². The lowest BCUT2D eigenvalue weighted by molar-refractivity contribution is -0.193. The van der Waals surface area contributed by atoms with Crippen LogP contribution < -0.4 is 10.2 Å². The molecule has 12 nitrogen and oxygen atoms in total. The van der Waals surface area contributed by atoms with Crippen molar-refractivity contribution >= 4 is 45.5 Å². The van der Waals surface area contributed by atoms with Crippen LogP contribution in [0, 0.1) is 0 Å². The molecular weight excluding hydrogens is 696 g/mol. The van der Waals surface area contributed by atoms with Gasteiger partial charge in [-0.15, -0.1) is 0 Å². The second-order valence-electron chi connectivity index (χ2n) is 10.2. The van der Waals surface area contributed by atoms with Crippen LogP contribution >= 0.6 is 11.3 Å². The SMILES string of the molecule is O=C(O)C(F)(F)F.O=C(O)C(F)(F)F.O=C(c1nc(-c2cnc(NCc3ccccn3)s2)n2ccccc12)N1CCN(c2ccccc2)CC1. The number of aliphatic carboxylic acids is 2. The maximum Gasteiger partial charge on any atom is 0.490 e. The molecule has 0 bridgehead atoms.